The second kappa shape index (κ2) is 4.97. The molecular formula is C18H22N4. The third-order valence-electron chi connectivity index (χ3n) is 4.89. The van der Waals surface area contributed by atoms with Gasteiger partial charge in [-0.05, 0) is 17.5 Å². The minimum absolute atomic E-state index is 0.333. The van der Waals surface area contributed by atoms with Gasteiger partial charge in [0.05, 0.1) is 6.04 Å². The molecule has 2 aromatic rings. The van der Waals surface area contributed by atoms with E-state index in [1.807, 2.05) is 7.05 Å². The molecule has 1 aromatic heterocycles. The van der Waals surface area contributed by atoms with Gasteiger partial charge in [-0.15, -0.1) is 0 Å². The first kappa shape index (κ1) is 13.6. The first-order valence-electron chi connectivity index (χ1n) is 8.09. The van der Waals surface area contributed by atoms with Gasteiger partial charge in [-0.1, -0.05) is 38.1 Å². The molecular weight excluding hydrogens is 272 g/mol. The summed E-state index contributed by atoms with van der Waals surface area (Å²) in [5, 5.41) is 3.17. The van der Waals surface area contributed by atoms with E-state index < -0.39 is 0 Å². The molecule has 1 aromatic carbocycles. The quantitative estimate of drug-likeness (QED) is 0.937. The summed E-state index contributed by atoms with van der Waals surface area (Å²) in [5.74, 6) is 3.86. The summed E-state index contributed by atoms with van der Waals surface area (Å²) in [6.07, 6.45) is 1.22. The Labute approximate surface area is 131 Å². The van der Waals surface area contributed by atoms with Crippen molar-refractivity contribution >= 4 is 11.6 Å². The third-order valence-corrected chi connectivity index (χ3v) is 4.89. The Morgan fingerprint density at radius 3 is 2.68 bits per heavy atom. The van der Waals surface area contributed by atoms with Gasteiger partial charge in [0.2, 0.25) is 0 Å². The fourth-order valence-corrected chi connectivity index (χ4v) is 3.78. The van der Waals surface area contributed by atoms with Crippen LogP contribution < -0.4 is 10.2 Å². The minimum Gasteiger partial charge on any atom is -0.373 e. The van der Waals surface area contributed by atoms with E-state index >= 15 is 0 Å². The molecule has 2 heterocycles. The Kier molecular flexibility index (Phi) is 3.06. The van der Waals surface area contributed by atoms with Gasteiger partial charge < -0.3 is 10.2 Å². The summed E-state index contributed by atoms with van der Waals surface area (Å²) in [4.78, 5) is 11.9. The summed E-state index contributed by atoms with van der Waals surface area (Å²) in [6.45, 7) is 5.35. The third kappa shape index (κ3) is 1.97. The Hall–Kier alpha value is -2.10. The van der Waals surface area contributed by atoms with Crippen LogP contribution in [0.5, 0.6) is 0 Å². The molecule has 0 amide bonds. The van der Waals surface area contributed by atoms with Crippen molar-refractivity contribution in [3.05, 3.63) is 47.3 Å². The molecule has 2 aliphatic rings. The van der Waals surface area contributed by atoms with Crippen molar-refractivity contribution in [2.75, 3.05) is 23.8 Å². The zero-order valence-electron chi connectivity index (χ0n) is 13.4. The molecule has 1 aliphatic heterocycles. The van der Waals surface area contributed by atoms with E-state index in [9.17, 15) is 0 Å². The number of rotatable bonds is 3. The first-order chi connectivity index (χ1) is 10.7. The normalized spacial score (nSPS) is 22.3. The topological polar surface area (TPSA) is 41.0 Å². The molecule has 4 rings (SSSR count). The molecule has 0 saturated carbocycles. The molecule has 0 unspecified atom stereocenters. The number of hydrogen-bond acceptors (Lipinski definition) is 4. The van der Waals surface area contributed by atoms with E-state index in [1.165, 1.54) is 17.5 Å². The summed E-state index contributed by atoms with van der Waals surface area (Å²) in [6, 6.07) is 11.4. The molecule has 1 N–H and O–H groups in total. The highest BCUT2D eigenvalue weighted by Gasteiger charge is 2.42. The largest absolute Gasteiger partial charge is 0.373 e. The molecule has 1 saturated heterocycles. The molecule has 1 aliphatic carbocycles. The molecule has 0 radical (unpaired) electrons. The lowest BCUT2D eigenvalue weighted by atomic mass is 9.99. The summed E-state index contributed by atoms with van der Waals surface area (Å²) in [5.41, 5.74) is 3.02. The van der Waals surface area contributed by atoms with Gasteiger partial charge in [-0.3, -0.25) is 0 Å². The maximum atomic E-state index is 4.83. The number of benzene rings is 1. The van der Waals surface area contributed by atoms with Crippen LogP contribution in [0.15, 0.2) is 30.3 Å². The van der Waals surface area contributed by atoms with E-state index in [0.717, 1.165) is 24.0 Å². The number of anilines is 2. The lowest BCUT2D eigenvalue weighted by Gasteiger charge is -2.30. The highest BCUT2D eigenvalue weighted by molar-refractivity contribution is 5.57. The summed E-state index contributed by atoms with van der Waals surface area (Å²) in [7, 11) is 1.92. The molecule has 114 valence electrons. The summed E-state index contributed by atoms with van der Waals surface area (Å²) < 4.78 is 0. The van der Waals surface area contributed by atoms with Gasteiger partial charge in [0.15, 0.2) is 0 Å². The Morgan fingerprint density at radius 2 is 1.95 bits per heavy atom. The Bertz CT molecular complexity index is 710. The molecule has 4 nitrogen and oxygen atoms in total. The van der Waals surface area contributed by atoms with Crippen LogP contribution in [0.4, 0.5) is 11.6 Å². The summed E-state index contributed by atoms with van der Waals surface area (Å²) >= 11 is 0. The van der Waals surface area contributed by atoms with E-state index in [4.69, 9.17) is 4.98 Å². The first-order valence-corrected chi connectivity index (χ1v) is 8.09. The van der Waals surface area contributed by atoms with Crippen molar-refractivity contribution in [1.29, 1.82) is 0 Å². The van der Waals surface area contributed by atoms with E-state index in [1.54, 1.807) is 0 Å². The smallest absolute Gasteiger partial charge is 0.135 e. The van der Waals surface area contributed by atoms with Gasteiger partial charge >= 0.3 is 0 Å². The van der Waals surface area contributed by atoms with Gasteiger partial charge in [0, 0.05) is 31.5 Å². The predicted octanol–water partition coefficient (Wildman–Crippen LogP) is 3.69. The zero-order chi connectivity index (χ0) is 15.3. The zero-order valence-corrected chi connectivity index (χ0v) is 13.4. The number of nitrogens with zero attached hydrogens (tertiary/aromatic N) is 3. The van der Waals surface area contributed by atoms with Gasteiger partial charge in [-0.2, -0.15) is 0 Å². The van der Waals surface area contributed by atoms with Gasteiger partial charge in [-0.25, -0.2) is 9.97 Å². The van der Waals surface area contributed by atoms with Crippen LogP contribution in [0, 0.1) is 0 Å². The molecule has 22 heavy (non-hydrogen) atoms. The number of nitrogens with one attached hydrogen (secondary N) is 1. The number of fused-ring (bicyclic) bond motifs is 5. The fraction of sp³-hybridized carbons (Fsp3) is 0.444. The van der Waals surface area contributed by atoms with Crippen LogP contribution in [-0.2, 0) is 0 Å². The average molecular weight is 294 g/mol. The van der Waals surface area contributed by atoms with E-state index in [0.29, 0.717) is 17.9 Å². The maximum Gasteiger partial charge on any atom is 0.135 e. The van der Waals surface area contributed by atoms with Gasteiger partial charge in [0.25, 0.3) is 0 Å². The van der Waals surface area contributed by atoms with Crippen LogP contribution in [0.25, 0.3) is 0 Å². The second-order valence-electron chi connectivity index (χ2n) is 6.60. The standard InChI is InChI=1S/C18H22N4/c1-11(2)18-20-16(19-3)9-17(21-18)22-10-12-8-15(22)14-7-5-4-6-13(12)14/h4-7,9,11-12,15H,8,10H2,1-3H3,(H,19,20,21)/t12-,15+/m1/s1. The van der Waals surface area contributed by atoms with Crippen molar-refractivity contribution in [2.24, 2.45) is 0 Å². The van der Waals surface area contributed by atoms with Crippen LogP contribution in [0.3, 0.4) is 0 Å². The molecule has 2 atom stereocenters. The molecule has 2 bridgehead atoms. The van der Waals surface area contributed by atoms with Crippen LogP contribution in [0.2, 0.25) is 0 Å². The van der Waals surface area contributed by atoms with Crippen LogP contribution in [0.1, 0.15) is 55.1 Å². The van der Waals surface area contributed by atoms with Crippen molar-refractivity contribution < 1.29 is 0 Å². The number of aromatic nitrogens is 2. The van der Waals surface area contributed by atoms with Crippen molar-refractivity contribution in [2.45, 2.75) is 38.1 Å². The van der Waals surface area contributed by atoms with Crippen LogP contribution >= 0.6 is 0 Å². The van der Waals surface area contributed by atoms with Gasteiger partial charge in [0.1, 0.15) is 17.5 Å². The average Bonchev–Trinajstić information content (AvgIpc) is 3.14. The highest BCUT2D eigenvalue weighted by atomic mass is 15.3. The SMILES string of the molecule is CNc1cc(N2C[C@H]3C[C@H]2c2ccccc23)nc(C(C)C)n1. The highest BCUT2D eigenvalue weighted by Crippen LogP contribution is 2.51. The van der Waals surface area contributed by atoms with Crippen molar-refractivity contribution in [3.63, 3.8) is 0 Å². The van der Waals surface area contributed by atoms with Crippen molar-refractivity contribution in [1.82, 2.24) is 9.97 Å². The van der Waals surface area contributed by atoms with E-state index in [-0.39, 0.29) is 0 Å². The second-order valence-corrected chi connectivity index (χ2v) is 6.60. The van der Waals surface area contributed by atoms with Crippen LogP contribution in [-0.4, -0.2) is 23.6 Å². The van der Waals surface area contributed by atoms with E-state index in [2.05, 4.69) is 59.4 Å². The minimum atomic E-state index is 0.333. The monoisotopic (exact) mass is 294 g/mol. The molecule has 1 fully saturated rings. The Morgan fingerprint density at radius 1 is 1.18 bits per heavy atom. The molecule has 0 spiro atoms. The lowest BCUT2D eigenvalue weighted by Crippen LogP contribution is -2.28. The predicted molar refractivity (Wildman–Crippen MR) is 89.6 cm³/mol. The Balaban J connectivity index is 1.74. The number of hydrogen-bond donors (Lipinski definition) is 1. The van der Waals surface area contributed by atoms with Crippen molar-refractivity contribution in [3.8, 4) is 0 Å². The fourth-order valence-electron chi connectivity index (χ4n) is 3.78. The molecule has 4 heteroatoms. The maximum absolute atomic E-state index is 4.83. The lowest BCUT2D eigenvalue weighted by molar-refractivity contribution is 0.710.